The number of sulfone groups is 1. The summed E-state index contributed by atoms with van der Waals surface area (Å²) in [5.74, 6) is -1.19. The van der Waals surface area contributed by atoms with Gasteiger partial charge in [0.1, 0.15) is 5.82 Å². The molecule has 2 amide bonds. The average molecular weight is 470 g/mol. The van der Waals surface area contributed by atoms with Crippen LogP contribution in [0.2, 0.25) is 0 Å². The number of carbonyl (C=O) groups excluding carboxylic acids is 2. The first-order valence-electron chi connectivity index (χ1n) is 10.3. The Balaban J connectivity index is 1.72. The molecule has 33 heavy (non-hydrogen) atoms. The van der Waals surface area contributed by atoms with Gasteiger partial charge < -0.3 is 10.6 Å². The quantitative estimate of drug-likeness (QED) is 0.370. The first kappa shape index (κ1) is 24.1. The number of hydrogen-bond acceptors (Lipinski definition) is 5. The molecule has 3 rings (SSSR count). The minimum absolute atomic E-state index is 0.0127. The lowest BCUT2D eigenvalue weighted by atomic mass is 10.0. The van der Waals surface area contributed by atoms with Gasteiger partial charge >= 0.3 is 6.03 Å². The van der Waals surface area contributed by atoms with Crippen LogP contribution in [-0.4, -0.2) is 25.2 Å². The van der Waals surface area contributed by atoms with E-state index in [1.165, 1.54) is 24.3 Å². The Morgan fingerprint density at radius 1 is 1.03 bits per heavy atom. The highest BCUT2D eigenvalue weighted by molar-refractivity contribution is 7.91. The summed E-state index contributed by atoms with van der Waals surface area (Å²) in [6, 6.07) is 11.9. The van der Waals surface area contributed by atoms with E-state index < -0.39 is 27.5 Å². The second-order valence-electron chi connectivity index (χ2n) is 7.86. The van der Waals surface area contributed by atoms with Gasteiger partial charge in [-0.2, -0.15) is 0 Å². The maximum atomic E-state index is 14.1. The van der Waals surface area contributed by atoms with Crippen LogP contribution in [0.25, 0.3) is 0 Å². The largest absolute Gasteiger partial charge is 0.334 e. The molecule has 0 bridgehead atoms. The van der Waals surface area contributed by atoms with Crippen LogP contribution in [0.15, 0.2) is 76.8 Å². The van der Waals surface area contributed by atoms with E-state index in [9.17, 15) is 22.4 Å². The zero-order valence-corrected chi connectivity index (χ0v) is 19.0. The number of nitrogens with zero attached hydrogens (tertiary/aromatic N) is 1. The molecule has 0 unspecified atom stereocenters. The van der Waals surface area contributed by atoms with Crippen LogP contribution in [0.3, 0.4) is 0 Å². The summed E-state index contributed by atoms with van der Waals surface area (Å²) >= 11 is 0. The van der Waals surface area contributed by atoms with Gasteiger partial charge in [0.2, 0.25) is 9.84 Å². The van der Waals surface area contributed by atoms with Gasteiger partial charge in [-0.05, 0) is 60.0 Å². The molecule has 0 aliphatic carbocycles. The van der Waals surface area contributed by atoms with E-state index in [1.54, 1.807) is 18.5 Å². The lowest BCUT2D eigenvalue weighted by Gasteiger charge is -2.10. The number of urea groups is 1. The number of amides is 2. The number of Topliss-reactive ketones (excluding diaryl/α,β-unsaturated/α-hetero) is 1. The van der Waals surface area contributed by atoms with Gasteiger partial charge in [0.25, 0.3) is 0 Å². The van der Waals surface area contributed by atoms with Crippen molar-refractivity contribution in [3.63, 3.8) is 0 Å². The fourth-order valence-electron chi connectivity index (χ4n) is 3.08. The minimum atomic E-state index is -3.99. The number of nitrogens with one attached hydrogen (secondary N) is 2. The lowest BCUT2D eigenvalue weighted by Crippen LogP contribution is -2.28. The van der Waals surface area contributed by atoms with Gasteiger partial charge in [0.05, 0.1) is 15.4 Å². The summed E-state index contributed by atoms with van der Waals surface area (Å²) < 4.78 is 40.1. The monoisotopic (exact) mass is 469 g/mol. The average Bonchev–Trinajstić information content (AvgIpc) is 2.78. The van der Waals surface area contributed by atoms with Crippen molar-refractivity contribution in [1.82, 2.24) is 10.3 Å². The standard InChI is InChI=1S/C24H24FN3O4S/c1-16(2)12-23(29)21-13-20(9-10-22(21)25)33(31,32)19-7-5-18(6-8-19)28-24(30)27-15-17-4-3-11-26-14-17/h3-11,13-14,16H,12,15H2,1-2H3,(H2,27,28,30). The van der Waals surface area contributed by atoms with Crippen molar-refractivity contribution in [2.75, 3.05) is 5.32 Å². The zero-order chi connectivity index (χ0) is 24.0. The van der Waals surface area contributed by atoms with Crippen LogP contribution in [0.5, 0.6) is 0 Å². The van der Waals surface area contributed by atoms with Crippen molar-refractivity contribution in [3.8, 4) is 0 Å². The van der Waals surface area contributed by atoms with Crippen LogP contribution in [0, 0.1) is 11.7 Å². The molecule has 0 atom stereocenters. The van der Waals surface area contributed by atoms with E-state index >= 15 is 0 Å². The number of anilines is 1. The summed E-state index contributed by atoms with van der Waals surface area (Å²) in [6.07, 6.45) is 3.39. The molecule has 0 radical (unpaired) electrons. The molecule has 0 spiro atoms. The Hall–Kier alpha value is -3.59. The summed E-state index contributed by atoms with van der Waals surface area (Å²) in [7, 11) is -3.99. The van der Waals surface area contributed by atoms with Gasteiger partial charge in [0.15, 0.2) is 5.78 Å². The number of rotatable bonds is 8. The number of carbonyl (C=O) groups is 2. The molecule has 172 valence electrons. The molecule has 1 aromatic heterocycles. The van der Waals surface area contributed by atoms with Crippen molar-refractivity contribution >= 4 is 27.3 Å². The molecule has 0 saturated heterocycles. The van der Waals surface area contributed by atoms with Crippen LogP contribution >= 0.6 is 0 Å². The number of ketones is 1. The van der Waals surface area contributed by atoms with Crippen molar-refractivity contribution in [2.24, 2.45) is 5.92 Å². The first-order chi connectivity index (χ1) is 15.7. The highest BCUT2D eigenvalue weighted by atomic mass is 32.2. The third-order valence-corrected chi connectivity index (χ3v) is 6.51. The van der Waals surface area contributed by atoms with Gasteiger partial charge in [0, 0.05) is 31.0 Å². The highest BCUT2D eigenvalue weighted by Crippen LogP contribution is 2.25. The second kappa shape index (κ2) is 10.4. The van der Waals surface area contributed by atoms with E-state index in [0.717, 1.165) is 23.8 Å². The molecule has 9 heteroatoms. The third kappa shape index (κ3) is 6.23. The fraction of sp³-hybridized carbons (Fsp3) is 0.208. The predicted molar refractivity (Wildman–Crippen MR) is 122 cm³/mol. The second-order valence-corrected chi connectivity index (χ2v) is 9.81. The Kier molecular flexibility index (Phi) is 7.55. The Morgan fingerprint density at radius 3 is 2.36 bits per heavy atom. The molecular formula is C24H24FN3O4S. The molecule has 2 aromatic carbocycles. The minimum Gasteiger partial charge on any atom is -0.334 e. The topological polar surface area (TPSA) is 105 Å². The predicted octanol–water partition coefficient (Wildman–Crippen LogP) is 4.60. The molecule has 0 saturated carbocycles. The van der Waals surface area contributed by atoms with E-state index in [1.807, 2.05) is 19.9 Å². The molecule has 7 nitrogen and oxygen atoms in total. The van der Waals surface area contributed by atoms with Gasteiger partial charge in [-0.15, -0.1) is 0 Å². The van der Waals surface area contributed by atoms with Crippen molar-refractivity contribution in [2.45, 2.75) is 36.6 Å². The molecule has 0 aliphatic rings. The van der Waals surface area contributed by atoms with Crippen LogP contribution in [-0.2, 0) is 16.4 Å². The maximum Gasteiger partial charge on any atom is 0.319 e. The maximum absolute atomic E-state index is 14.1. The van der Waals surface area contributed by atoms with Crippen LogP contribution < -0.4 is 10.6 Å². The van der Waals surface area contributed by atoms with Crippen LogP contribution in [0.4, 0.5) is 14.9 Å². The summed E-state index contributed by atoms with van der Waals surface area (Å²) in [6.45, 7) is 3.94. The van der Waals surface area contributed by atoms with Gasteiger partial charge in [-0.1, -0.05) is 19.9 Å². The van der Waals surface area contributed by atoms with Gasteiger partial charge in [-0.3, -0.25) is 9.78 Å². The lowest BCUT2D eigenvalue weighted by molar-refractivity contribution is 0.0963. The van der Waals surface area contributed by atoms with E-state index in [4.69, 9.17) is 0 Å². The first-order valence-corrected chi connectivity index (χ1v) is 11.8. The van der Waals surface area contributed by atoms with E-state index in [0.29, 0.717) is 5.69 Å². The highest BCUT2D eigenvalue weighted by Gasteiger charge is 2.22. The SMILES string of the molecule is CC(C)CC(=O)c1cc(S(=O)(=O)c2ccc(NC(=O)NCc3cccnc3)cc2)ccc1F. The smallest absolute Gasteiger partial charge is 0.319 e. The van der Waals surface area contributed by atoms with Gasteiger partial charge in [-0.25, -0.2) is 17.6 Å². The number of aromatic nitrogens is 1. The van der Waals surface area contributed by atoms with Crippen LogP contribution in [0.1, 0.15) is 36.2 Å². The molecule has 2 N–H and O–H groups in total. The Morgan fingerprint density at radius 2 is 1.73 bits per heavy atom. The van der Waals surface area contributed by atoms with Crippen molar-refractivity contribution < 1.29 is 22.4 Å². The molecule has 3 aromatic rings. The number of hydrogen-bond donors (Lipinski definition) is 2. The Labute approximate surface area is 192 Å². The fourth-order valence-corrected chi connectivity index (χ4v) is 4.37. The summed E-state index contributed by atoms with van der Waals surface area (Å²) in [5, 5.41) is 5.30. The molecule has 0 aliphatic heterocycles. The Bertz CT molecular complexity index is 1240. The molecule has 1 heterocycles. The summed E-state index contributed by atoms with van der Waals surface area (Å²) in [4.78, 5) is 28.1. The number of halogens is 1. The van der Waals surface area contributed by atoms with E-state index in [2.05, 4.69) is 15.6 Å². The zero-order valence-electron chi connectivity index (χ0n) is 18.2. The number of pyridine rings is 1. The number of benzene rings is 2. The normalized spacial score (nSPS) is 11.3. The van der Waals surface area contributed by atoms with Crippen molar-refractivity contribution in [1.29, 1.82) is 0 Å². The summed E-state index contributed by atoms with van der Waals surface area (Å²) in [5.41, 5.74) is 0.984. The molecular weight excluding hydrogens is 445 g/mol. The third-order valence-electron chi connectivity index (χ3n) is 4.74. The molecule has 0 fully saturated rings. The van der Waals surface area contributed by atoms with E-state index in [-0.39, 0.29) is 34.2 Å². The van der Waals surface area contributed by atoms with Crippen molar-refractivity contribution in [3.05, 3.63) is 83.9 Å².